The van der Waals surface area contributed by atoms with Crippen LogP contribution in [0.4, 0.5) is 4.79 Å². The molecular weight excluding hydrogens is 424 g/mol. The van der Waals surface area contributed by atoms with Crippen molar-refractivity contribution in [3.63, 3.8) is 0 Å². The quantitative estimate of drug-likeness (QED) is 0.593. The molecule has 0 unspecified atom stereocenters. The monoisotopic (exact) mass is 456 g/mol. The molecule has 2 amide bonds. The molecule has 1 heterocycles. The van der Waals surface area contributed by atoms with E-state index in [1.807, 2.05) is 44.2 Å². The van der Waals surface area contributed by atoms with E-state index in [2.05, 4.69) is 5.32 Å². The molecule has 0 bridgehead atoms. The number of nitrogens with zero attached hydrogens (tertiary/aromatic N) is 1. The summed E-state index contributed by atoms with van der Waals surface area (Å²) in [6.07, 6.45) is -0.0214. The SMILES string of the molecule is CCOc1cc(OCC)cc(C(=O)N[C@@H]2CN(C(=O)O)CCC[C@H]2OCc2ccccc2)c1. The van der Waals surface area contributed by atoms with Gasteiger partial charge in [0, 0.05) is 24.7 Å². The highest BCUT2D eigenvalue weighted by molar-refractivity contribution is 5.95. The number of benzene rings is 2. The summed E-state index contributed by atoms with van der Waals surface area (Å²) in [5, 5.41) is 12.6. The first-order valence-electron chi connectivity index (χ1n) is 11.3. The number of hydrogen-bond acceptors (Lipinski definition) is 5. The molecule has 8 nitrogen and oxygen atoms in total. The lowest BCUT2D eigenvalue weighted by molar-refractivity contribution is 0.0106. The van der Waals surface area contributed by atoms with Crippen molar-refractivity contribution >= 4 is 12.0 Å². The zero-order valence-electron chi connectivity index (χ0n) is 19.2. The predicted molar refractivity (Wildman–Crippen MR) is 124 cm³/mol. The van der Waals surface area contributed by atoms with E-state index in [4.69, 9.17) is 14.2 Å². The Morgan fingerprint density at radius 1 is 1.06 bits per heavy atom. The van der Waals surface area contributed by atoms with Gasteiger partial charge in [0.2, 0.25) is 0 Å². The summed E-state index contributed by atoms with van der Waals surface area (Å²) in [4.78, 5) is 26.2. The van der Waals surface area contributed by atoms with Gasteiger partial charge in [-0.25, -0.2) is 4.79 Å². The molecule has 2 N–H and O–H groups in total. The van der Waals surface area contributed by atoms with E-state index < -0.39 is 12.1 Å². The summed E-state index contributed by atoms with van der Waals surface area (Å²) in [5.74, 6) is 0.750. The van der Waals surface area contributed by atoms with E-state index in [-0.39, 0.29) is 18.6 Å². The third-order valence-corrected chi connectivity index (χ3v) is 5.44. The Balaban J connectivity index is 1.79. The Hall–Kier alpha value is -3.26. The van der Waals surface area contributed by atoms with Gasteiger partial charge in [-0.2, -0.15) is 0 Å². The first kappa shape index (κ1) is 24.4. The molecule has 0 saturated carbocycles. The van der Waals surface area contributed by atoms with E-state index in [0.717, 1.165) is 5.56 Å². The molecule has 0 spiro atoms. The number of ether oxygens (including phenoxy) is 3. The average molecular weight is 457 g/mol. The minimum absolute atomic E-state index is 0.157. The molecule has 1 fully saturated rings. The van der Waals surface area contributed by atoms with Gasteiger partial charge in [0.15, 0.2) is 0 Å². The van der Waals surface area contributed by atoms with Crippen LogP contribution in [0.2, 0.25) is 0 Å². The van der Waals surface area contributed by atoms with E-state index >= 15 is 0 Å². The van der Waals surface area contributed by atoms with Crippen molar-refractivity contribution in [2.24, 2.45) is 0 Å². The van der Waals surface area contributed by atoms with Crippen molar-refractivity contribution in [2.75, 3.05) is 26.3 Å². The van der Waals surface area contributed by atoms with Gasteiger partial charge < -0.3 is 29.5 Å². The molecule has 3 rings (SSSR count). The average Bonchev–Trinajstić information content (AvgIpc) is 3.01. The van der Waals surface area contributed by atoms with Gasteiger partial charge >= 0.3 is 6.09 Å². The normalized spacial score (nSPS) is 18.3. The lowest BCUT2D eigenvalue weighted by Crippen LogP contribution is -2.50. The van der Waals surface area contributed by atoms with Crippen LogP contribution in [0, 0.1) is 0 Å². The van der Waals surface area contributed by atoms with Crippen molar-refractivity contribution in [2.45, 2.75) is 45.4 Å². The van der Waals surface area contributed by atoms with E-state index in [0.29, 0.717) is 56.3 Å². The Morgan fingerprint density at radius 3 is 2.33 bits per heavy atom. The molecule has 1 aliphatic heterocycles. The Morgan fingerprint density at radius 2 is 1.73 bits per heavy atom. The fourth-order valence-electron chi connectivity index (χ4n) is 3.87. The van der Waals surface area contributed by atoms with Crippen LogP contribution >= 0.6 is 0 Å². The van der Waals surface area contributed by atoms with Gasteiger partial charge in [-0.15, -0.1) is 0 Å². The fraction of sp³-hybridized carbons (Fsp3) is 0.440. The number of nitrogens with one attached hydrogen (secondary N) is 1. The molecule has 2 aromatic carbocycles. The minimum Gasteiger partial charge on any atom is -0.494 e. The minimum atomic E-state index is -1.00. The van der Waals surface area contributed by atoms with Gasteiger partial charge in [0.05, 0.1) is 32.0 Å². The van der Waals surface area contributed by atoms with Crippen molar-refractivity contribution in [3.05, 3.63) is 59.7 Å². The third kappa shape index (κ3) is 7.12. The molecule has 1 aliphatic rings. The maximum atomic E-state index is 13.2. The molecule has 0 aliphatic carbocycles. The summed E-state index contributed by atoms with van der Waals surface area (Å²) in [6, 6.07) is 14.3. The fourth-order valence-corrected chi connectivity index (χ4v) is 3.87. The topological polar surface area (TPSA) is 97.3 Å². The number of likely N-dealkylation sites (tertiary alicyclic amines) is 1. The summed E-state index contributed by atoms with van der Waals surface area (Å²) in [5.41, 5.74) is 1.41. The largest absolute Gasteiger partial charge is 0.494 e. The summed E-state index contributed by atoms with van der Waals surface area (Å²) in [7, 11) is 0. The molecule has 8 heteroatoms. The number of hydrogen-bond donors (Lipinski definition) is 2. The van der Waals surface area contributed by atoms with Crippen LogP contribution in [0.1, 0.15) is 42.6 Å². The van der Waals surface area contributed by atoms with Gasteiger partial charge in [-0.1, -0.05) is 30.3 Å². The van der Waals surface area contributed by atoms with Crippen molar-refractivity contribution < 1.29 is 28.9 Å². The molecule has 178 valence electrons. The Kier molecular flexibility index (Phi) is 8.95. The van der Waals surface area contributed by atoms with Crippen molar-refractivity contribution in [3.8, 4) is 11.5 Å². The maximum absolute atomic E-state index is 13.2. The molecule has 2 aromatic rings. The van der Waals surface area contributed by atoms with Crippen LogP contribution in [0.25, 0.3) is 0 Å². The zero-order chi connectivity index (χ0) is 23.6. The number of carboxylic acid groups (broad SMARTS) is 1. The zero-order valence-corrected chi connectivity index (χ0v) is 19.2. The standard InChI is InChI=1S/C25H32N2O6/c1-3-31-20-13-19(14-21(15-20)32-4-2)24(28)26-22-16-27(25(29)30)12-8-11-23(22)33-17-18-9-6-5-7-10-18/h5-7,9-10,13-15,22-23H,3-4,8,11-12,16-17H2,1-2H3,(H,26,28)(H,29,30)/t22-,23-/m1/s1. The highest BCUT2D eigenvalue weighted by Gasteiger charge is 2.31. The third-order valence-electron chi connectivity index (χ3n) is 5.44. The highest BCUT2D eigenvalue weighted by Crippen LogP contribution is 2.24. The predicted octanol–water partition coefficient (Wildman–Crippen LogP) is 3.94. The summed E-state index contributed by atoms with van der Waals surface area (Å²) < 4.78 is 17.3. The lowest BCUT2D eigenvalue weighted by atomic mass is 10.1. The number of carbonyl (C=O) groups excluding carboxylic acids is 1. The van der Waals surface area contributed by atoms with Crippen molar-refractivity contribution in [1.29, 1.82) is 0 Å². The van der Waals surface area contributed by atoms with E-state index in [9.17, 15) is 14.7 Å². The molecule has 1 saturated heterocycles. The Bertz CT molecular complexity index is 896. The molecule has 0 radical (unpaired) electrons. The molecule has 2 atom stereocenters. The molecule has 0 aromatic heterocycles. The van der Waals surface area contributed by atoms with Gasteiger partial charge in [0.25, 0.3) is 5.91 Å². The summed E-state index contributed by atoms with van der Waals surface area (Å²) in [6.45, 7) is 5.61. The van der Waals surface area contributed by atoms with Crippen LogP contribution in [0.5, 0.6) is 11.5 Å². The summed E-state index contributed by atoms with van der Waals surface area (Å²) >= 11 is 0. The van der Waals surface area contributed by atoms with Crippen molar-refractivity contribution in [1.82, 2.24) is 10.2 Å². The second-order valence-corrected chi connectivity index (χ2v) is 7.84. The number of rotatable bonds is 9. The number of amides is 2. The Labute approximate surface area is 194 Å². The van der Waals surface area contributed by atoms with Crippen LogP contribution < -0.4 is 14.8 Å². The van der Waals surface area contributed by atoms with Crippen LogP contribution in [-0.2, 0) is 11.3 Å². The smallest absolute Gasteiger partial charge is 0.407 e. The van der Waals surface area contributed by atoms with Crippen LogP contribution in [0.3, 0.4) is 0 Å². The van der Waals surface area contributed by atoms with E-state index in [1.165, 1.54) is 4.90 Å². The molecular formula is C25H32N2O6. The maximum Gasteiger partial charge on any atom is 0.407 e. The first-order valence-corrected chi connectivity index (χ1v) is 11.3. The van der Waals surface area contributed by atoms with Gasteiger partial charge in [-0.05, 0) is 44.4 Å². The van der Waals surface area contributed by atoms with Gasteiger partial charge in [0.1, 0.15) is 11.5 Å². The van der Waals surface area contributed by atoms with Crippen LogP contribution in [-0.4, -0.2) is 60.5 Å². The second-order valence-electron chi connectivity index (χ2n) is 7.84. The van der Waals surface area contributed by atoms with E-state index in [1.54, 1.807) is 18.2 Å². The van der Waals surface area contributed by atoms with Gasteiger partial charge in [-0.3, -0.25) is 4.79 Å². The van der Waals surface area contributed by atoms with Crippen LogP contribution in [0.15, 0.2) is 48.5 Å². The number of carbonyl (C=O) groups is 2. The first-order chi connectivity index (χ1) is 16.0. The second kappa shape index (κ2) is 12.1. The molecule has 33 heavy (non-hydrogen) atoms. The lowest BCUT2D eigenvalue weighted by Gasteiger charge is -2.28. The highest BCUT2D eigenvalue weighted by atomic mass is 16.5.